The first-order valence-electron chi connectivity index (χ1n) is 10.0. The van der Waals surface area contributed by atoms with Crippen LogP contribution in [0.1, 0.15) is 35.4 Å². The maximum absolute atomic E-state index is 12.7. The maximum atomic E-state index is 12.7. The third-order valence-corrected chi connectivity index (χ3v) is 5.72. The number of piperidine rings is 1. The van der Waals surface area contributed by atoms with Crippen LogP contribution in [0.15, 0.2) is 30.3 Å². The van der Waals surface area contributed by atoms with Crippen LogP contribution in [-0.2, 0) is 0 Å². The van der Waals surface area contributed by atoms with Crippen LogP contribution in [-0.4, -0.2) is 60.0 Å². The zero-order valence-corrected chi connectivity index (χ0v) is 17.0. The van der Waals surface area contributed by atoms with E-state index in [1.54, 1.807) is 24.3 Å². The van der Waals surface area contributed by atoms with Crippen molar-refractivity contribution < 1.29 is 4.79 Å². The normalized spacial score (nSPS) is 17.7. The van der Waals surface area contributed by atoms with Crippen LogP contribution < -0.4 is 9.80 Å². The molecule has 0 atom stereocenters. The van der Waals surface area contributed by atoms with Crippen LogP contribution in [0.4, 0.5) is 11.6 Å². The molecular weight excluding hydrogens is 374 g/mol. The van der Waals surface area contributed by atoms with Crippen molar-refractivity contribution in [2.24, 2.45) is 0 Å². The Morgan fingerprint density at radius 3 is 2.04 bits per heavy atom. The summed E-state index contributed by atoms with van der Waals surface area (Å²) in [6.07, 6.45) is 3.75. The van der Waals surface area contributed by atoms with Gasteiger partial charge in [0.05, 0.1) is 0 Å². The smallest absolute Gasteiger partial charge is 0.253 e. The van der Waals surface area contributed by atoms with Gasteiger partial charge in [0, 0.05) is 55.9 Å². The van der Waals surface area contributed by atoms with Crippen molar-refractivity contribution in [2.75, 3.05) is 49.1 Å². The van der Waals surface area contributed by atoms with Crippen LogP contribution in [0, 0.1) is 6.92 Å². The largest absolute Gasteiger partial charge is 0.356 e. The summed E-state index contributed by atoms with van der Waals surface area (Å²) in [6, 6.07) is 9.20. The topological polar surface area (TPSA) is 52.6 Å². The predicted octanol–water partition coefficient (Wildman–Crippen LogP) is 3.39. The lowest BCUT2D eigenvalue weighted by Gasteiger charge is -2.36. The summed E-state index contributed by atoms with van der Waals surface area (Å²) in [4.78, 5) is 28.5. The van der Waals surface area contributed by atoms with Crippen molar-refractivity contribution >= 4 is 29.1 Å². The van der Waals surface area contributed by atoms with Gasteiger partial charge in [-0.05, 0) is 50.5 Å². The molecule has 148 valence electrons. The molecule has 0 saturated carbocycles. The lowest BCUT2D eigenvalue weighted by Crippen LogP contribution is -2.49. The Kier molecular flexibility index (Phi) is 5.67. The van der Waals surface area contributed by atoms with Gasteiger partial charge in [0.25, 0.3) is 5.91 Å². The molecule has 2 saturated heterocycles. The molecule has 0 N–H and O–H groups in total. The van der Waals surface area contributed by atoms with Crippen molar-refractivity contribution in [1.82, 2.24) is 14.9 Å². The quantitative estimate of drug-likeness (QED) is 0.791. The summed E-state index contributed by atoms with van der Waals surface area (Å²) in [5.74, 6) is 2.86. The fourth-order valence-corrected chi connectivity index (χ4v) is 4.02. The van der Waals surface area contributed by atoms with Gasteiger partial charge >= 0.3 is 0 Å². The lowest BCUT2D eigenvalue weighted by molar-refractivity contribution is 0.0746. The fourth-order valence-electron chi connectivity index (χ4n) is 3.90. The summed E-state index contributed by atoms with van der Waals surface area (Å²) < 4.78 is 0. The number of carbonyl (C=O) groups excluding carboxylic acids is 1. The number of hydrogen-bond donors (Lipinski definition) is 0. The van der Waals surface area contributed by atoms with Gasteiger partial charge in [0.2, 0.25) is 0 Å². The second kappa shape index (κ2) is 8.35. The van der Waals surface area contributed by atoms with E-state index in [9.17, 15) is 4.79 Å². The highest BCUT2D eigenvalue weighted by Gasteiger charge is 2.24. The van der Waals surface area contributed by atoms with Gasteiger partial charge in [-0.25, -0.2) is 9.97 Å². The Bertz CT molecular complexity index is 827. The van der Waals surface area contributed by atoms with Crippen LogP contribution in [0.25, 0.3) is 0 Å². The minimum atomic E-state index is 0.0594. The molecule has 28 heavy (non-hydrogen) atoms. The van der Waals surface area contributed by atoms with E-state index in [-0.39, 0.29) is 5.91 Å². The van der Waals surface area contributed by atoms with Crippen LogP contribution in [0.3, 0.4) is 0 Å². The van der Waals surface area contributed by atoms with Crippen molar-refractivity contribution in [1.29, 1.82) is 0 Å². The standard InChI is InChI=1S/C21H26ClN5O/c1-16-23-19(25-9-3-2-4-10-25)15-20(24-16)26-11-13-27(14-12-26)21(28)17-5-7-18(22)8-6-17/h5-8,15H,2-4,9-14H2,1H3. The first-order chi connectivity index (χ1) is 13.6. The highest BCUT2D eigenvalue weighted by molar-refractivity contribution is 6.30. The number of nitrogens with zero attached hydrogens (tertiary/aromatic N) is 5. The van der Waals surface area contributed by atoms with Gasteiger partial charge < -0.3 is 14.7 Å². The Hall–Kier alpha value is -2.34. The number of amides is 1. The highest BCUT2D eigenvalue weighted by Crippen LogP contribution is 2.23. The minimum absolute atomic E-state index is 0.0594. The van der Waals surface area contributed by atoms with Crippen LogP contribution >= 0.6 is 11.6 Å². The second-order valence-corrected chi connectivity index (χ2v) is 7.90. The van der Waals surface area contributed by atoms with Crippen molar-refractivity contribution in [3.63, 3.8) is 0 Å². The number of benzene rings is 1. The number of anilines is 2. The monoisotopic (exact) mass is 399 g/mol. The molecule has 7 heteroatoms. The molecule has 0 spiro atoms. The summed E-state index contributed by atoms with van der Waals surface area (Å²) in [7, 11) is 0. The number of piperazine rings is 1. The Morgan fingerprint density at radius 1 is 0.857 bits per heavy atom. The van der Waals surface area contributed by atoms with E-state index in [0.717, 1.165) is 43.6 Å². The van der Waals surface area contributed by atoms with E-state index < -0.39 is 0 Å². The zero-order valence-electron chi connectivity index (χ0n) is 16.3. The third kappa shape index (κ3) is 4.22. The molecule has 3 heterocycles. The number of aryl methyl sites for hydroxylation is 1. The molecule has 6 nitrogen and oxygen atoms in total. The Morgan fingerprint density at radius 2 is 1.43 bits per heavy atom. The first kappa shape index (κ1) is 19.0. The van der Waals surface area contributed by atoms with E-state index in [4.69, 9.17) is 11.6 Å². The van der Waals surface area contributed by atoms with E-state index >= 15 is 0 Å². The van der Waals surface area contributed by atoms with Crippen LogP contribution in [0.2, 0.25) is 5.02 Å². The van der Waals surface area contributed by atoms with Gasteiger partial charge in [-0.1, -0.05) is 11.6 Å². The lowest BCUT2D eigenvalue weighted by atomic mass is 10.1. The molecule has 2 aromatic rings. The summed E-state index contributed by atoms with van der Waals surface area (Å²) in [6.45, 7) is 7.01. The molecular formula is C21H26ClN5O. The van der Waals surface area contributed by atoms with Gasteiger partial charge in [0.15, 0.2) is 0 Å². The van der Waals surface area contributed by atoms with E-state index in [2.05, 4.69) is 25.8 Å². The molecule has 1 aromatic heterocycles. The molecule has 0 radical (unpaired) electrons. The fraction of sp³-hybridized carbons (Fsp3) is 0.476. The number of halogens is 1. The van der Waals surface area contributed by atoms with Crippen LogP contribution in [0.5, 0.6) is 0 Å². The molecule has 0 aliphatic carbocycles. The summed E-state index contributed by atoms with van der Waals surface area (Å²) in [5.41, 5.74) is 0.683. The van der Waals surface area contributed by atoms with Crippen molar-refractivity contribution in [3.8, 4) is 0 Å². The third-order valence-electron chi connectivity index (χ3n) is 5.47. The summed E-state index contributed by atoms with van der Waals surface area (Å²) >= 11 is 5.92. The molecule has 0 unspecified atom stereocenters. The molecule has 2 fully saturated rings. The molecule has 1 amide bonds. The molecule has 0 bridgehead atoms. The van der Waals surface area contributed by atoms with E-state index in [1.807, 2.05) is 11.8 Å². The molecule has 2 aliphatic rings. The number of rotatable bonds is 3. The number of carbonyl (C=O) groups is 1. The van der Waals surface area contributed by atoms with Crippen molar-refractivity contribution in [2.45, 2.75) is 26.2 Å². The summed E-state index contributed by atoms with van der Waals surface area (Å²) in [5, 5.41) is 0.644. The number of aromatic nitrogens is 2. The average molecular weight is 400 g/mol. The second-order valence-electron chi connectivity index (χ2n) is 7.47. The van der Waals surface area contributed by atoms with E-state index in [0.29, 0.717) is 23.7 Å². The SMILES string of the molecule is Cc1nc(N2CCCCC2)cc(N2CCN(C(=O)c3ccc(Cl)cc3)CC2)n1. The van der Waals surface area contributed by atoms with E-state index in [1.165, 1.54) is 19.3 Å². The Balaban J connectivity index is 1.42. The van der Waals surface area contributed by atoms with Gasteiger partial charge in [-0.2, -0.15) is 0 Å². The predicted molar refractivity (Wildman–Crippen MR) is 112 cm³/mol. The van der Waals surface area contributed by atoms with Gasteiger partial charge in [-0.15, -0.1) is 0 Å². The van der Waals surface area contributed by atoms with Gasteiger partial charge in [-0.3, -0.25) is 4.79 Å². The maximum Gasteiger partial charge on any atom is 0.253 e. The number of hydrogen-bond acceptors (Lipinski definition) is 5. The molecule has 4 rings (SSSR count). The highest BCUT2D eigenvalue weighted by atomic mass is 35.5. The van der Waals surface area contributed by atoms with Crippen molar-refractivity contribution in [3.05, 3.63) is 46.7 Å². The molecule has 2 aliphatic heterocycles. The van der Waals surface area contributed by atoms with Gasteiger partial charge in [0.1, 0.15) is 17.5 Å². The minimum Gasteiger partial charge on any atom is -0.356 e. The first-order valence-corrected chi connectivity index (χ1v) is 10.4. The zero-order chi connectivity index (χ0) is 19.5. The molecule has 1 aromatic carbocycles. The Labute approximate surface area is 171 Å². The average Bonchev–Trinajstić information content (AvgIpc) is 2.74.